The van der Waals surface area contributed by atoms with Crippen LogP contribution in [0.5, 0.6) is 0 Å². The Hall–Kier alpha value is -7.35. The van der Waals surface area contributed by atoms with Crippen molar-refractivity contribution in [3.8, 4) is 55.9 Å². The van der Waals surface area contributed by atoms with Gasteiger partial charge in [-0.1, -0.05) is 121 Å². The van der Waals surface area contributed by atoms with Crippen molar-refractivity contribution in [2.24, 2.45) is 0 Å². The monoisotopic (exact) mass is 1040 g/mol. The van der Waals surface area contributed by atoms with E-state index in [9.17, 15) is 0 Å². The molecule has 296 valence electrons. The summed E-state index contributed by atoms with van der Waals surface area (Å²) < 4.78 is 11.2. The number of nitrogens with zero attached hydrogens (tertiary/aromatic N) is 2. The first-order valence-electron chi connectivity index (χ1n) is 21.4. The Labute approximate surface area is 393 Å². The van der Waals surface area contributed by atoms with Crippen LogP contribution in [-0.4, -0.2) is 9.13 Å². The minimum absolute atomic E-state index is 0. The number of hydrogen-bond acceptors (Lipinski definition) is 1. The summed E-state index contributed by atoms with van der Waals surface area (Å²) in [5, 5.41) is 7.08. The van der Waals surface area contributed by atoms with Crippen molar-refractivity contribution in [2.45, 2.75) is 0 Å². The van der Waals surface area contributed by atoms with Crippen molar-refractivity contribution >= 4 is 65.6 Å². The van der Waals surface area contributed by atoms with Gasteiger partial charge in [0, 0.05) is 38.5 Å². The van der Waals surface area contributed by atoms with Crippen molar-refractivity contribution in [1.29, 1.82) is 0 Å². The zero-order chi connectivity index (χ0) is 41.4. The molecule has 0 aliphatic carbocycles. The Morgan fingerprint density at radius 2 is 0.797 bits per heavy atom. The Morgan fingerprint density at radius 3 is 1.41 bits per heavy atom. The first-order chi connectivity index (χ1) is 31.2. The number of hydrogen-bond donors (Lipinski definition) is 0. The van der Waals surface area contributed by atoms with Crippen LogP contribution in [0.15, 0.2) is 223 Å². The molecule has 10 aromatic carbocycles. The van der Waals surface area contributed by atoms with Gasteiger partial charge in [0.1, 0.15) is 5.58 Å². The fraction of sp³-hybridized carbons (Fsp3) is 0. The summed E-state index contributed by atoms with van der Waals surface area (Å²) in [6.07, 6.45) is 0. The van der Waals surface area contributed by atoms with Crippen molar-refractivity contribution in [2.75, 3.05) is 0 Å². The topological polar surface area (TPSA) is 23.0 Å². The van der Waals surface area contributed by atoms with Crippen LogP contribution in [0.2, 0.25) is 0 Å². The summed E-state index contributed by atoms with van der Waals surface area (Å²) in [7, 11) is 0. The number of furan rings is 1. The fourth-order valence-electron chi connectivity index (χ4n) is 9.74. The standard InChI is InChI=1S/C60H36N2O.U/c1-3-17-47(18-4-1)61-55-23-9-7-21-49(55)52-35-43(26-30-57(52)61)39-13-11-15-41(33-39)45-28-32-59-54(37-45)51-29-25-46(38-60(51)63-59)42-16-12-14-40(34-42)44-27-31-58-53(36-44)50-22-8-10-24-56(50)62(58)48-19-5-2-6-20-48;/h1-15,17-24,26-38H;/q-2;+2. The summed E-state index contributed by atoms with van der Waals surface area (Å²) in [5.41, 5.74) is 17.7. The van der Waals surface area contributed by atoms with Gasteiger partial charge in [-0.15, -0.1) is 23.8 Å². The first kappa shape index (κ1) is 38.3. The van der Waals surface area contributed by atoms with Gasteiger partial charge in [0.25, 0.3) is 0 Å². The molecule has 0 atom stereocenters. The van der Waals surface area contributed by atoms with E-state index in [-0.39, 0.29) is 31.1 Å². The van der Waals surface area contributed by atoms with Gasteiger partial charge >= 0.3 is 31.1 Å². The molecule has 3 aromatic heterocycles. The van der Waals surface area contributed by atoms with Crippen molar-refractivity contribution in [3.63, 3.8) is 0 Å². The summed E-state index contributed by atoms with van der Waals surface area (Å²) >= 11 is 0. The summed E-state index contributed by atoms with van der Waals surface area (Å²) in [5.74, 6) is 0. The van der Waals surface area contributed by atoms with E-state index in [1.807, 2.05) is 6.07 Å². The molecule has 64 heavy (non-hydrogen) atoms. The molecule has 0 saturated carbocycles. The average Bonchev–Trinajstić information content (AvgIpc) is 4.01. The molecule has 0 saturated heterocycles. The molecular weight excluding hydrogens is 1000 g/mol. The molecule has 13 aromatic rings. The Kier molecular flexibility index (Phi) is 9.27. The van der Waals surface area contributed by atoms with E-state index < -0.39 is 0 Å². The maximum atomic E-state index is 6.51. The predicted molar refractivity (Wildman–Crippen MR) is 262 cm³/mol. The zero-order valence-electron chi connectivity index (χ0n) is 34.6. The minimum atomic E-state index is 0. The summed E-state index contributed by atoms with van der Waals surface area (Å²) in [6.45, 7) is 0. The van der Waals surface area contributed by atoms with Gasteiger partial charge < -0.3 is 13.6 Å². The van der Waals surface area contributed by atoms with Gasteiger partial charge in [0.2, 0.25) is 0 Å². The maximum Gasteiger partial charge on any atom is 2.00 e. The van der Waals surface area contributed by atoms with Crippen LogP contribution >= 0.6 is 0 Å². The molecule has 0 amide bonds. The Bertz CT molecular complexity index is 3910. The molecule has 3 nitrogen and oxygen atoms in total. The Morgan fingerprint density at radius 1 is 0.312 bits per heavy atom. The first-order valence-corrected chi connectivity index (χ1v) is 21.4. The third kappa shape index (κ3) is 6.25. The SMILES string of the molecule is [U+2].[c-]1ccc(-c2ccc3c(c2)c2ccccc2n3-c2ccccc2)cc1-c1[c-]cc2c(c1)oc1ccc(-c3cccc(-c4ccc5c(c4)c4ccccc4n5-c4ccccc4)c3)cc12. The van der Waals surface area contributed by atoms with Crippen molar-refractivity contribution in [1.82, 2.24) is 9.13 Å². The molecule has 0 N–H and O–H groups in total. The van der Waals surface area contributed by atoms with Crippen molar-refractivity contribution < 1.29 is 35.5 Å². The van der Waals surface area contributed by atoms with Gasteiger partial charge in [0.15, 0.2) is 0 Å². The normalized spacial score (nSPS) is 11.6. The maximum absolute atomic E-state index is 6.51. The van der Waals surface area contributed by atoms with E-state index in [0.29, 0.717) is 0 Å². The molecule has 0 aliphatic rings. The molecule has 0 spiro atoms. The van der Waals surface area contributed by atoms with E-state index in [1.54, 1.807) is 0 Å². The van der Waals surface area contributed by atoms with Gasteiger partial charge in [-0.05, 0) is 106 Å². The largest absolute Gasteiger partial charge is 2.00 e. The molecule has 0 unspecified atom stereocenters. The van der Waals surface area contributed by atoms with Gasteiger partial charge in [-0.25, -0.2) is 11.1 Å². The van der Waals surface area contributed by atoms with E-state index in [1.165, 1.54) is 54.7 Å². The van der Waals surface area contributed by atoms with Gasteiger partial charge in [-0.2, -0.15) is 24.3 Å². The smallest absolute Gasteiger partial charge is 0.477 e. The van der Waals surface area contributed by atoms with Crippen LogP contribution in [0.4, 0.5) is 0 Å². The van der Waals surface area contributed by atoms with E-state index in [2.05, 4.69) is 234 Å². The number of aromatic nitrogens is 2. The van der Waals surface area contributed by atoms with Crippen LogP contribution < -0.4 is 0 Å². The fourth-order valence-corrected chi connectivity index (χ4v) is 9.74. The van der Waals surface area contributed by atoms with Crippen molar-refractivity contribution in [3.05, 3.63) is 231 Å². The van der Waals surface area contributed by atoms with E-state index >= 15 is 0 Å². The second-order valence-electron chi connectivity index (χ2n) is 16.3. The van der Waals surface area contributed by atoms with Crippen LogP contribution in [0.25, 0.3) is 121 Å². The van der Waals surface area contributed by atoms with Crippen LogP contribution in [0.3, 0.4) is 0 Å². The second kappa shape index (κ2) is 15.5. The number of para-hydroxylation sites is 4. The third-order valence-electron chi connectivity index (χ3n) is 12.7. The quantitative estimate of drug-likeness (QED) is 0.152. The molecule has 13 rings (SSSR count). The van der Waals surface area contributed by atoms with Crippen LogP contribution in [-0.2, 0) is 0 Å². The number of benzene rings is 10. The van der Waals surface area contributed by atoms with Gasteiger partial charge in [-0.3, -0.25) is 0 Å². The third-order valence-corrected chi connectivity index (χ3v) is 12.7. The molecule has 0 bridgehead atoms. The Balaban J connectivity index is 0.00000433. The number of fused-ring (bicyclic) bond motifs is 9. The second-order valence-corrected chi connectivity index (χ2v) is 16.3. The molecular formula is C60H36N2OU. The van der Waals surface area contributed by atoms with Crippen LogP contribution in [0.1, 0.15) is 0 Å². The van der Waals surface area contributed by atoms with Gasteiger partial charge in [0.05, 0.1) is 22.1 Å². The zero-order valence-corrected chi connectivity index (χ0v) is 38.8. The average molecular weight is 1040 g/mol. The predicted octanol–water partition coefficient (Wildman–Crippen LogP) is 16.0. The number of rotatable bonds is 6. The molecule has 4 heteroatoms. The van der Waals surface area contributed by atoms with Crippen LogP contribution in [0, 0.1) is 43.2 Å². The molecule has 0 aliphatic heterocycles. The molecule has 3 heterocycles. The summed E-state index contributed by atoms with van der Waals surface area (Å²) in [4.78, 5) is 0. The molecule has 0 radical (unpaired) electrons. The molecule has 0 fully saturated rings. The van der Waals surface area contributed by atoms with E-state index in [4.69, 9.17) is 4.42 Å². The van der Waals surface area contributed by atoms with E-state index in [0.717, 1.165) is 66.7 Å². The minimum Gasteiger partial charge on any atom is -0.477 e. The summed E-state index contributed by atoms with van der Waals surface area (Å²) in [6, 6.07) is 85.2.